The highest BCUT2D eigenvalue weighted by molar-refractivity contribution is 6.04. The molecule has 0 saturated heterocycles. The summed E-state index contributed by atoms with van der Waals surface area (Å²) in [5.74, 6) is -0.336. The van der Waals surface area contributed by atoms with Gasteiger partial charge in [-0.1, -0.05) is 47.6 Å². The average molecular weight is 431 g/mol. The Kier molecular flexibility index (Phi) is 6.35. The van der Waals surface area contributed by atoms with E-state index in [1.54, 1.807) is 28.6 Å². The lowest BCUT2D eigenvalue weighted by Crippen LogP contribution is -2.41. The number of amides is 2. The first kappa shape index (κ1) is 21.4. The van der Waals surface area contributed by atoms with Gasteiger partial charge in [0.05, 0.1) is 5.39 Å². The van der Waals surface area contributed by atoms with Gasteiger partial charge in [0.1, 0.15) is 5.69 Å². The molecule has 32 heavy (non-hydrogen) atoms. The molecule has 0 spiro atoms. The Morgan fingerprint density at radius 2 is 1.81 bits per heavy atom. The summed E-state index contributed by atoms with van der Waals surface area (Å²) in [4.78, 5) is 27.5. The Bertz CT molecular complexity index is 1210. The quantitative estimate of drug-likeness (QED) is 0.463. The van der Waals surface area contributed by atoms with Crippen molar-refractivity contribution < 1.29 is 14.1 Å². The van der Waals surface area contributed by atoms with Gasteiger partial charge in [-0.15, -0.1) is 0 Å². The fraction of sp³-hybridized carbons (Fsp3) is 0.240. The van der Waals surface area contributed by atoms with Crippen molar-refractivity contribution in [2.75, 3.05) is 13.6 Å². The SMILES string of the molecule is CN(C(=O)c1noc2ccccc12)[C@H](CCNC(=O)c1cccn1C)Cc1ccccc1. The van der Waals surface area contributed by atoms with Crippen LogP contribution in [0.15, 0.2) is 77.4 Å². The molecule has 2 aromatic carbocycles. The number of carbonyl (C=O) groups excluding carboxylic acids is 2. The van der Waals surface area contributed by atoms with Crippen LogP contribution in [0.25, 0.3) is 11.0 Å². The van der Waals surface area contributed by atoms with Crippen LogP contribution in [0, 0.1) is 0 Å². The maximum atomic E-state index is 13.3. The highest BCUT2D eigenvalue weighted by Crippen LogP contribution is 2.21. The van der Waals surface area contributed by atoms with Crippen LogP contribution in [0.3, 0.4) is 0 Å². The van der Waals surface area contributed by atoms with Gasteiger partial charge in [-0.25, -0.2) is 0 Å². The number of benzene rings is 2. The first-order valence-corrected chi connectivity index (χ1v) is 10.6. The number of rotatable bonds is 8. The van der Waals surface area contributed by atoms with Gasteiger partial charge in [0.25, 0.3) is 11.8 Å². The molecule has 2 heterocycles. The molecule has 0 aliphatic carbocycles. The zero-order valence-corrected chi connectivity index (χ0v) is 18.2. The van der Waals surface area contributed by atoms with Gasteiger partial charge in [0, 0.05) is 32.9 Å². The van der Waals surface area contributed by atoms with E-state index < -0.39 is 0 Å². The predicted octanol–water partition coefficient (Wildman–Crippen LogP) is 3.67. The minimum atomic E-state index is -0.204. The van der Waals surface area contributed by atoms with E-state index in [4.69, 9.17) is 4.52 Å². The summed E-state index contributed by atoms with van der Waals surface area (Å²) >= 11 is 0. The largest absolute Gasteiger partial charge is 0.355 e. The van der Waals surface area contributed by atoms with E-state index in [1.807, 2.05) is 67.8 Å². The fourth-order valence-electron chi connectivity index (χ4n) is 3.83. The molecule has 4 aromatic rings. The van der Waals surface area contributed by atoms with Crippen LogP contribution < -0.4 is 5.32 Å². The van der Waals surface area contributed by atoms with Crippen molar-refractivity contribution in [3.63, 3.8) is 0 Å². The number of aryl methyl sites for hydroxylation is 1. The highest BCUT2D eigenvalue weighted by atomic mass is 16.5. The molecule has 2 aromatic heterocycles. The number of likely N-dealkylation sites (N-methyl/N-ethyl adjacent to an activating group) is 1. The summed E-state index contributed by atoms with van der Waals surface area (Å²) in [6.07, 6.45) is 3.10. The van der Waals surface area contributed by atoms with Crippen molar-refractivity contribution in [2.24, 2.45) is 7.05 Å². The Morgan fingerprint density at radius 3 is 2.56 bits per heavy atom. The molecule has 0 saturated carbocycles. The maximum Gasteiger partial charge on any atom is 0.276 e. The van der Waals surface area contributed by atoms with Gasteiger partial charge < -0.3 is 19.3 Å². The summed E-state index contributed by atoms with van der Waals surface area (Å²) in [5, 5.41) is 7.68. The lowest BCUT2D eigenvalue weighted by molar-refractivity contribution is 0.0714. The molecule has 4 rings (SSSR count). The number of carbonyl (C=O) groups is 2. The minimum Gasteiger partial charge on any atom is -0.355 e. The second-order valence-corrected chi connectivity index (χ2v) is 7.84. The van der Waals surface area contributed by atoms with Crippen molar-refractivity contribution >= 4 is 22.8 Å². The van der Waals surface area contributed by atoms with Gasteiger partial charge in [0.2, 0.25) is 0 Å². The van der Waals surface area contributed by atoms with E-state index in [0.29, 0.717) is 41.7 Å². The third-order valence-corrected chi connectivity index (χ3v) is 5.70. The summed E-state index contributed by atoms with van der Waals surface area (Å²) in [6, 6.07) is 20.8. The van der Waals surface area contributed by atoms with Crippen LogP contribution in [0.4, 0.5) is 0 Å². The van der Waals surface area contributed by atoms with Gasteiger partial charge in [-0.05, 0) is 42.7 Å². The van der Waals surface area contributed by atoms with E-state index in [-0.39, 0.29) is 17.9 Å². The van der Waals surface area contributed by atoms with Crippen molar-refractivity contribution in [1.29, 1.82) is 0 Å². The van der Waals surface area contributed by atoms with E-state index in [9.17, 15) is 9.59 Å². The van der Waals surface area contributed by atoms with Crippen molar-refractivity contribution in [3.05, 3.63) is 89.9 Å². The first-order valence-electron chi connectivity index (χ1n) is 10.6. The van der Waals surface area contributed by atoms with Crippen LogP contribution in [0.1, 0.15) is 33.0 Å². The number of nitrogens with zero attached hydrogens (tertiary/aromatic N) is 3. The van der Waals surface area contributed by atoms with Crippen LogP contribution in [0.2, 0.25) is 0 Å². The van der Waals surface area contributed by atoms with Gasteiger partial charge >= 0.3 is 0 Å². The van der Waals surface area contributed by atoms with Crippen LogP contribution in [0.5, 0.6) is 0 Å². The third kappa shape index (κ3) is 4.56. The molecule has 7 heteroatoms. The van der Waals surface area contributed by atoms with Gasteiger partial charge in [-0.2, -0.15) is 0 Å². The number of nitrogens with one attached hydrogen (secondary N) is 1. The summed E-state index contributed by atoms with van der Waals surface area (Å²) < 4.78 is 7.11. The van der Waals surface area contributed by atoms with Crippen molar-refractivity contribution in [2.45, 2.75) is 18.9 Å². The fourth-order valence-corrected chi connectivity index (χ4v) is 3.83. The zero-order chi connectivity index (χ0) is 22.5. The van der Waals surface area contributed by atoms with Crippen LogP contribution in [-0.2, 0) is 13.5 Å². The molecule has 2 amide bonds. The molecular weight excluding hydrogens is 404 g/mol. The monoisotopic (exact) mass is 430 g/mol. The molecule has 0 aliphatic heterocycles. The Morgan fingerprint density at radius 1 is 1.06 bits per heavy atom. The third-order valence-electron chi connectivity index (χ3n) is 5.70. The van der Waals surface area contributed by atoms with Gasteiger partial charge in [-0.3, -0.25) is 9.59 Å². The lowest BCUT2D eigenvalue weighted by Gasteiger charge is -2.28. The summed E-state index contributed by atoms with van der Waals surface area (Å²) in [5.41, 5.74) is 2.60. The highest BCUT2D eigenvalue weighted by Gasteiger charge is 2.26. The number of hydrogen-bond donors (Lipinski definition) is 1. The molecule has 0 fully saturated rings. The normalized spacial score (nSPS) is 11.9. The number of fused-ring (bicyclic) bond motifs is 1. The molecule has 0 bridgehead atoms. The average Bonchev–Trinajstić information content (AvgIpc) is 3.44. The van der Waals surface area contributed by atoms with Crippen molar-refractivity contribution in [1.82, 2.24) is 19.9 Å². The summed E-state index contributed by atoms with van der Waals surface area (Å²) in [6.45, 7) is 0.443. The standard InChI is InChI=1S/C25H26N4O3/c1-28-16-8-12-21(28)24(30)26-15-14-19(17-18-9-4-3-5-10-18)29(2)25(31)23-20-11-6-7-13-22(20)32-27-23/h3-13,16,19H,14-15,17H2,1-2H3,(H,26,30)/t19-/m1/s1. The van der Waals surface area contributed by atoms with Crippen LogP contribution >= 0.6 is 0 Å². The molecule has 1 atom stereocenters. The molecule has 0 unspecified atom stereocenters. The second kappa shape index (κ2) is 9.51. The maximum absolute atomic E-state index is 13.3. The number of hydrogen-bond acceptors (Lipinski definition) is 4. The minimum absolute atomic E-state index is 0.130. The molecular formula is C25H26N4O3. The topological polar surface area (TPSA) is 80.4 Å². The number of aromatic nitrogens is 2. The first-order chi connectivity index (χ1) is 15.5. The molecule has 164 valence electrons. The Hall–Kier alpha value is -3.87. The molecule has 7 nitrogen and oxygen atoms in total. The second-order valence-electron chi connectivity index (χ2n) is 7.84. The van der Waals surface area contributed by atoms with Crippen LogP contribution in [-0.4, -0.2) is 46.1 Å². The van der Waals surface area contributed by atoms with Gasteiger partial charge in [0.15, 0.2) is 11.3 Å². The lowest BCUT2D eigenvalue weighted by atomic mass is 10.0. The van der Waals surface area contributed by atoms with E-state index in [2.05, 4.69) is 10.5 Å². The molecule has 1 N–H and O–H groups in total. The smallest absolute Gasteiger partial charge is 0.276 e. The zero-order valence-electron chi connectivity index (χ0n) is 18.2. The van der Waals surface area contributed by atoms with E-state index >= 15 is 0 Å². The Labute approximate surface area is 186 Å². The van der Waals surface area contributed by atoms with E-state index in [1.165, 1.54) is 0 Å². The van der Waals surface area contributed by atoms with E-state index in [0.717, 1.165) is 5.56 Å². The number of para-hydroxylation sites is 1. The summed E-state index contributed by atoms with van der Waals surface area (Å²) in [7, 11) is 3.61. The Balaban J connectivity index is 1.49. The van der Waals surface area contributed by atoms with Crippen molar-refractivity contribution in [3.8, 4) is 0 Å². The predicted molar refractivity (Wildman–Crippen MR) is 122 cm³/mol. The molecule has 0 aliphatic rings. The molecule has 0 radical (unpaired) electrons.